The maximum atomic E-state index is 13.3. The van der Waals surface area contributed by atoms with Crippen LogP contribution in [0, 0.1) is 29.3 Å². The van der Waals surface area contributed by atoms with Crippen LogP contribution in [0.1, 0.15) is 84.0 Å². The van der Waals surface area contributed by atoms with E-state index >= 15 is 0 Å². The van der Waals surface area contributed by atoms with Crippen LogP contribution in [0.15, 0.2) is 12.1 Å². The van der Waals surface area contributed by atoms with Gasteiger partial charge in [0, 0.05) is 25.3 Å². The predicted octanol–water partition coefficient (Wildman–Crippen LogP) is 6.74. The zero-order valence-corrected chi connectivity index (χ0v) is 19.6. The molecule has 4 nitrogen and oxygen atoms in total. The highest BCUT2D eigenvalue weighted by molar-refractivity contribution is 5.75. The van der Waals surface area contributed by atoms with Gasteiger partial charge in [-0.1, -0.05) is 26.2 Å². The van der Waals surface area contributed by atoms with E-state index in [0.717, 1.165) is 58.2 Å². The number of hydrogen-bond donors (Lipinski definition) is 0. The van der Waals surface area contributed by atoms with Crippen molar-refractivity contribution in [1.29, 1.82) is 0 Å². The predicted molar refractivity (Wildman–Crippen MR) is 119 cm³/mol. The van der Waals surface area contributed by atoms with Crippen molar-refractivity contribution in [2.45, 2.75) is 96.2 Å². The van der Waals surface area contributed by atoms with Gasteiger partial charge in [0.2, 0.25) is 0 Å². The average Bonchev–Trinajstić information content (AvgIpc) is 2.82. The lowest BCUT2D eigenvalue weighted by Gasteiger charge is -2.31. The van der Waals surface area contributed by atoms with E-state index in [1.165, 1.54) is 19.3 Å². The molecule has 0 N–H and O–H groups in total. The molecule has 186 valence electrons. The minimum Gasteiger partial charge on any atom is -0.426 e. The Kier molecular flexibility index (Phi) is 10.5. The lowest BCUT2D eigenvalue weighted by molar-refractivity contribution is -0.141. The summed E-state index contributed by atoms with van der Waals surface area (Å²) in [5.41, 5.74) is 0. The molecule has 0 spiro atoms. The van der Waals surface area contributed by atoms with Crippen LogP contribution in [-0.2, 0) is 14.3 Å². The van der Waals surface area contributed by atoms with E-state index in [0.29, 0.717) is 37.0 Å². The van der Waals surface area contributed by atoms with Gasteiger partial charge in [0.15, 0.2) is 17.5 Å². The van der Waals surface area contributed by atoms with E-state index in [2.05, 4.69) is 6.92 Å². The highest BCUT2D eigenvalue weighted by Crippen LogP contribution is 2.31. The number of halogens is 3. The molecule has 3 rings (SSSR count). The molecule has 33 heavy (non-hydrogen) atoms. The van der Waals surface area contributed by atoms with E-state index in [1.54, 1.807) is 0 Å². The second-order valence-electron chi connectivity index (χ2n) is 9.50. The number of rotatable bonds is 11. The first-order chi connectivity index (χ1) is 16.0. The van der Waals surface area contributed by atoms with Crippen molar-refractivity contribution in [3.05, 3.63) is 29.6 Å². The van der Waals surface area contributed by atoms with Crippen LogP contribution in [0.25, 0.3) is 0 Å². The van der Waals surface area contributed by atoms with Gasteiger partial charge in [-0.15, -0.1) is 0 Å². The van der Waals surface area contributed by atoms with Crippen molar-refractivity contribution >= 4 is 5.97 Å². The van der Waals surface area contributed by atoms with Crippen molar-refractivity contribution in [3.8, 4) is 5.75 Å². The molecule has 0 aromatic heterocycles. The van der Waals surface area contributed by atoms with E-state index in [4.69, 9.17) is 14.2 Å². The van der Waals surface area contributed by atoms with Crippen LogP contribution in [0.2, 0.25) is 0 Å². The second kappa shape index (κ2) is 13.3. The summed E-state index contributed by atoms with van der Waals surface area (Å²) in [6.45, 7) is 3.84. The Hall–Kier alpha value is -1.60. The van der Waals surface area contributed by atoms with Gasteiger partial charge >= 0.3 is 5.97 Å². The third kappa shape index (κ3) is 8.29. The largest absolute Gasteiger partial charge is 0.426 e. The molecule has 0 amide bonds. The van der Waals surface area contributed by atoms with Crippen molar-refractivity contribution in [2.24, 2.45) is 11.8 Å². The lowest BCUT2D eigenvalue weighted by atomic mass is 9.86. The third-order valence-electron chi connectivity index (χ3n) is 6.90. The smallest absolute Gasteiger partial charge is 0.314 e. The number of carbonyl (C=O) groups is 1. The molecule has 2 saturated carbocycles. The Balaban J connectivity index is 1.29. The van der Waals surface area contributed by atoms with E-state index in [9.17, 15) is 18.0 Å². The summed E-state index contributed by atoms with van der Waals surface area (Å²) in [7, 11) is 0. The summed E-state index contributed by atoms with van der Waals surface area (Å²) in [5.74, 6) is -4.94. The first kappa shape index (κ1) is 26.0. The molecule has 0 radical (unpaired) electrons. The molecule has 2 aliphatic rings. The number of unbranched alkanes of at least 4 members (excludes halogenated alkanes) is 3. The number of carbonyl (C=O) groups excluding carboxylic acids is 1. The Morgan fingerprint density at radius 2 is 1.45 bits per heavy atom. The fourth-order valence-corrected chi connectivity index (χ4v) is 4.77. The average molecular weight is 471 g/mol. The number of esters is 1. The maximum Gasteiger partial charge on any atom is 0.314 e. The zero-order valence-electron chi connectivity index (χ0n) is 19.6. The van der Waals surface area contributed by atoms with Crippen LogP contribution in [-0.4, -0.2) is 31.4 Å². The molecule has 0 heterocycles. The first-order valence-electron chi connectivity index (χ1n) is 12.6. The first-order valence-corrected chi connectivity index (χ1v) is 12.6. The van der Waals surface area contributed by atoms with Crippen molar-refractivity contribution in [3.63, 3.8) is 0 Å². The fraction of sp³-hybridized carbons (Fsp3) is 0.731. The molecule has 0 aliphatic heterocycles. The van der Waals surface area contributed by atoms with Crippen molar-refractivity contribution in [1.82, 2.24) is 0 Å². The Morgan fingerprint density at radius 3 is 2.09 bits per heavy atom. The van der Waals surface area contributed by atoms with Crippen molar-refractivity contribution < 1.29 is 32.2 Å². The normalized spacial score (nSPS) is 25.7. The minimum absolute atomic E-state index is 0.127. The van der Waals surface area contributed by atoms with Gasteiger partial charge in [-0.05, 0) is 63.7 Å². The highest BCUT2D eigenvalue weighted by Gasteiger charge is 2.30. The minimum atomic E-state index is -1.57. The molecule has 0 unspecified atom stereocenters. The van der Waals surface area contributed by atoms with Gasteiger partial charge in [0.1, 0.15) is 5.75 Å². The summed E-state index contributed by atoms with van der Waals surface area (Å²) >= 11 is 0. The van der Waals surface area contributed by atoms with Crippen LogP contribution in [0.3, 0.4) is 0 Å². The van der Waals surface area contributed by atoms with Gasteiger partial charge < -0.3 is 14.2 Å². The SMILES string of the molecule is CCCCCCO[C@H]1CC[C@H](CO[C@H]2CC[C@H](C(=O)Oc3cc(F)c(F)c(F)c3)CC2)CC1. The monoisotopic (exact) mass is 470 g/mol. The molecular weight excluding hydrogens is 433 g/mol. The van der Waals surface area contributed by atoms with Crippen LogP contribution < -0.4 is 4.74 Å². The Bertz CT molecular complexity index is 718. The van der Waals surface area contributed by atoms with Gasteiger partial charge in [0.25, 0.3) is 0 Å². The fourth-order valence-electron chi connectivity index (χ4n) is 4.77. The van der Waals surface area contributed by atoms with Crippen LogP contribution >= 0.6 is 0 Å². The van der Waals surface area contributed by atoms with Gasteiger partial charge in [-0.25, -0.2) is 13.2 Å². The van der Waals surface area contributed by atoms with Gasteiger partial charge in [0.05, 0.1) is 18.1 Å². The van der Waals surface area contributed by atoms with E-state index in [1.807, 2.05) is 0 Å². The molecule has 2 aliphatic carbocycles. The van der Waals surface area contributed by atoms with Gasteiger partial charge in [-0.2, -0.15) is 0 Å². The lowest BCUT2D eigenvalue weighted by Crippen LogP contribution is -2.31. The number of hydrogen-bond acceptors (Lipinski definition) is 4. The summed E-state index contributed by atoms with van der Waals surface area (Å²) in [6, 6.07) is 1.38. The molecule has 2 fully saturated rings. The standard InChI is InChI=1S/C26H37F3O4/c1-2-3-4-5-14-31-20-10-6-18(7-11-20)17-32-21-12-8-19(9-13-21)26(30)33-22-15-23(27)25(29)24(28)16-22/h15-16,18-21H,2-14,17H2,1H3/t18-,19-,20-,21-. The highest BCUT2D eigenvalue weighted by atomic mass is 19.2. The topological polar surface area (TPSA) is 44.8 Å². The second-order valence-corrected chi connectivity index (χ2v) is 9.50. The summed E-state index contributed by atoms with van der Waals surface area (Å²) < 4.78 is 56.9. The summed E-state index contributed by atoms with van der Waals surface area (Å²) in [6.07, 6.45) is 12.6. The molecule has 1 aromatic rings. The van der Waals surface area contributed by atoms with Crippen LogP contribution in [0.5, 0.6) is 5.75 Å². The summed E-state index contributed by atoms with van der Waals surface area (Å²) in [4.78, 5) is 12.3. The maximum absolute atomic E-state index is 13.3. The molecule has 0 bridgehead atoms. The molecule has 1 aromatic carbocycles. The number of ether oxygens (including phenoxy) is 3. The number of benzene rings is 1. The third-order valence-corrected chi connectivity index (χ3v) is 6.90. The van der Waals surface area contributed by atoms with E-state index < -0.39 is 23.4 Å². The molecule has 7 heteroatoms. The zero-order chi connectivity index (χ0) is 23.6. The summed E-state index contributed by atoms with van der Waals surface area (Å²) in [5, 5.41) is 0. The van der Waals surface area contributed by atoms with Crippen LogP contribution in [0.4, 0.5) is 13.2 Å². The molecular formula is C26H37F3O4. The quantitative estimate of drug-likeness (QED) is 0.155. The van der Waals surface area contributed by atoms with Gasteiger partial charge in [-0.3, -0.25) is 4.79 Å². The Labute approximate surface area is 195 Å². The van der Waals surface area contributed by atoms with E-state index in [-0.39, 0.29) is 17.8 Å². The Morgan fingerprint density at radius 1 is 0.848 bits per heavy atom. The molecule has 0 saturated heterocycles. The molecule has 0 atom stereocenters. The van der Waals surface area contributed by atoms with Crippen molar-refractivity contribution in [2.75, 3.05) is 13.2 Å².